The normalized spacial score (nSPS) is 20.1. The van der Waals surface area contributed by atoms with Crippen molar-refractivity contribution in [3.63, 3.8) is 0 Å². The average Bonchev–Trinajstić information content (AvgIpc) is 3.26. The predicted molar refractivity (Wildman–Crippen MR) is 117 cm³/mol. The predicted octanol–water partition coefficient (Wildman–Crippen LogP) is 3.17. The fourth-order valence-corrected chi connectivity index (χ4v) is 4.42. The fourth-order valence-electron chi connectivity index (χ4n) is 4.42. The number of carbonyl (C=O) groups excluding carboxylic acids is 2. The largest absolute Gasteiger partial charge is 0.463 e. The lowest BCUT2D eigenvalue weighted by atomic mass is 9.69. The van der Waals surface area contributed by atoms with Crippen LogP contribution in [0.4, 0.5) is 0 Å². The van der Waals surface area contributed by atoms with Crippen molar-refractivity contribution in [2.45, 2.75) is 46.1 Å². The number of nitrogens with one attached hydrogen (secondary N) is 2. The van der Waals surface area contributed by atoms with E-state index in [9.17, 15) is 9.59 Å². The summed E-state index contributed by atoms with van der Waals surface area (Å²) < 4.78 is 11.3. The number of pyridine rings is 1. The number of aromatic amines is 1. The number of ketones is 1. The maximum Gasteiger partial charge on any atom is 0.336 e. The van der Waals surface area contributed by atoms with Gasteiger partial charge in [-0.3, -0.25) is 9.78 Å². The second kappa shape index (κ2) is 9.08. The summed E-state index contributed by atoms with van der Waals surface area (Å²) >= 11 is 0. The van der Waals surface area contributed by atoms with Gasteiger partial charge in [0.15, 0.2) is 5.78 Å². The number of imidazole rings is 1. The molecule has 0 amide bonds. The topological polar surface area (TPSA) is 106 Å². The van der Waals surface area contributed by atoms with Gasteiger partial charge in [-0.15, -0.1) is 0 Å². The second-order valence-corrected chi connectivity index (χ2v) is 8.82. The van der Waals surface area contributed by atoms with Crippen molar-refractivity contribution in [3.8, 4) is 0 Å². The first kappa shape index (κ1) is 22.0. The van der Waals surface area contributed by atoms with Gasteiger partial charge in [0.05, 0.1) is 24.5 Å². The summed E-state index contributed by atoms with van der Waals surface area (Å²) in [5.74, 6) is -0.286. The van der Waals surface area contributed by atoms with E-state index in [0.717, 1.165) is 11.3 Å². The average molecular weight is 437 g/mol. The number of hydrogen-bond donors (Lipinski definition) is 2. The van der Waals surface area contributed by atoms with Crippen LogP contribution >= 0.6 is 0 Å². The van der Waals surface area contributed by atoms with E-state index in [2.05, 4.69) is 34.1 Å². The van der Waals surface area contributed by atoms with Crippen LogP contribution in [0, 0.1) is 5.41 Å². The van der Waals surface area contributed by atoms with Crippen LogP contribution < -0.4 is 5.32 Å². The molecule has 0 radical (unpaired) electrons. The summed E-state index contributed by atoms with van der Waals surface area (Å²) in [7, 11) is 0. The molecular formula is C24H28N4O4. The molecule has 8 nitrogen and oxygen atoms in total. The Hall–Kier alpha value is -3.26. The van der Waals surface area contributed by atoms with Gasteiger partial charge in [0.2, 0.25) is 0 Å². The number of ether oxygens (including phenoxy) is 2. The maximum atomic E-state index is 13.3. The Labute approximate surface area is 187 Å². The summed E-state index contributed by atoms with van der Waals surface area (Å²) in [6, 6.07) is 3.70. The highest BCUT2D eigenvalue weighted by atomic mass is 16.5. The molecule has 4 rings (SSSR count). The molecule has 0 saturated heterocycles. The first-order chi connectivity index (χ1) is 15.4. The molecule has 0 spiro atoms. The number of aromatic nitrogens is 3. The monoisotopic (exact) mass is 436 g/mol. The highest BCUT2D eigenvalue weighted by molar-refractivity contribution is 6.04. The number of allylic oxidation sites excluding steroid dienone is 2. The standard InChI is InChI=1S/C24H28N4O4/c1-4-32-23(30)22-17(13-31-14-19-26-8-9-27-19)28-16-10-24(2,3)11-18(29)21(16)20(22)15-6-5-7-25-12-15/h5-9,12,20,28H,4,10-11,13-14H2,1-3H3,(H,26,27). The summed E-state index contributed by atoms with van der Waals surface area (Å²) in [6.07, 6.45) is 7.88. The van der Waals surface area contributed by atoms with Gasteiger partial charge in [-0.2, -0.15) is 0 Å². The van der Waals surface area contributed by atoms with E-state index in [1.165, 1.54) is 0 Å². The second-order valence-electron chi connectivity index (χ2n) is 8.82. The molecule has 0 saturated carbocycles. The molecule has 1 aliphatic heterocycles. The van der Waals surface area contributed by atoms with Gasteiger partial charge in [-0.05, 0) is 30.4 Å². The number of rotatable bonds is 7. The zero-order chi connectivity index (χ0) is 22.7. The van der Waals surface area contributed by atoms with Crippen molar-refractivity contribution >= 4 is 11.8 Å². The molecule has 32 heavy (non-hydrogen) atoms. The molecular weight excluding hydrogens is 408 g/mol. The third kappa shape index (κ3) is 4.50. The van der Waals surface area contributed by atoms with Gasteiger partial charge in [-0.1, -0.05) is 19.9 Å². The number of H-pyrrole nitrogens is 1. The molecule has 2 aromatic rings. The van der Waals surface area contributed by atoms with Gasteiger partial charge in [-0.25, -0.2) is 9.78 Å². The van der Waals surface area contributed by atoms with E-state index in [4.69, 9.17) is 9.47 Å². The first-order valence-corrected chi connectivity index (χ1v) is 10.8. The lowest BCUT2D eigenvalue weighted by molar-refractivity contribution is -0.139. The zero-order valence-electron chi connectivity index (χ0n) is 18.6. The smallest absolute Gasteiger partial charge is 0.336 e. The molecule has 0 aromatic carbocycles. The van der Waals surface area contributed by atoms with Gasteiger partial charge < -0.3 is 19.8 Å². The Bertz CT molecular complexity index is 1050. The molecule has 2 aromatic heterocycles. The van der Waals surface area contributed by atoms with Crippen molar-refractivity contribution < 1.29 is 19.1 Å². The van der Waals surface area contributed by atoms with Crippen molar-refractivity contribution in [3.05, 3.63) is 70.8 Å². The molecule has 8 heteroatoms. The molecule has 0 fully saturated rings. The van der Waals surface area contributed by atoms with Crippen molar-refractivity contribution in [2.75, 3.05) is 13.2 Å². The van der Waals surface area contributed by atoms with Crippen LogP contribution in [0.15, 0.2) is 59.5 Å². The maximum absolute atomic E-state index is 13.3. The van der Waals surface area contributed by atoms with Crippen LogP contribution in [0.25, 0.3) is 0 Å². The van der Waals surface area contributed by atoms with Crippen molar-refractivity contribution in [1.29, 1.82) is 0 Å². The van der Waals surface area contributed by atoms with E-state index in [1.807, 2.05) is 12.1 Å². The van der Waals surface area contributed by atoms with Crippen molar-refractivity contribution in [1.82, 2.24) is 20.3 Å². The number of Topliss-reactive ketones (excluding diaryl/α,β-unsaturated/α-hetero) is 1. The van der Waals surface area contributed by atoms with Gasteiger partial charge in [0, 0.05) is 48.4 Å². The minimum absolute atomic E-state index is 0.0370. The van der Waals surface area contributed by atoms with Gasteiger partial charge in [0.1, 0.15) is 12.4 Å². The van der Waals surface area contributed by atoms with E-state index < -0.39 is 11.9 Å². The van der Waals surface area contributed by atoms with Crippen LogP contribution in [0.2, 0.25) is 0 Å². The Morgan fingerprint density at radius 1 is 1.25 bits per heavy atom. The van der Waals surface area contributed by atoms with E-state index in [0.29, 0.717) is 35.5 Å². The van der Waals surface area contributed by atoms with E-state index in [-0.39, 0.29) is 31.0 Å². The Morgan fingerprint density at radius 2 is 2.09 bits per heavy atom. The summed E-state index contributed by atoms with van der Waals surface area (Å²) in [5.41, 5.74) is 3.06. The van der Waals surface area contributed by atoms with Crippen LogP contribution in [-0.2, 0) is 25.7 Å². The fraction of sp³-hybridized carbons (Fsp3) is 0.417. The molecule has 1 atom stereocenters. The van der Waals surface area contributed by atoms with Crippen LogP contribution in [0.3, 0.4) is 0 Å². The third-order valence-electron chi connectivity index (χ3n) is 5.68. The lowest BCUT2D eigenvalue weighted by Crippen LogP contribution is -2.40. The van der Waals surface area contributed by atoms with Crippen LogP contribution in [0.5, 0.6) is 0 Å². The number of dihydropyridines is 1. The zero-order valence-corrected chi connectivity index (χ0v) is 18.6. The number of nitrogens with zero attached hydrogens (tertiary/aromatic N) is 2. The Morgan fingerprint density at radius 3 is 2.78 bits per heavy atom. The number of hydrogen-bond acceptors (Lipinski definition) is 7. The van der Waals surface area contributed by atoms with E-state index in [1.54, 1.807) is 31.7 Å². The molecule has 1 aliphatic carbocycles. The molecule has 1 unspecified atom stereocenters. The summed E-state index contributed by atoms with van der Waals surface area (Å²) in [5, 5.41) is 3.37. The minimum atomic E-state index is -0.551. The molecule has 3 heterocycles. The molecule has 2 N–H and O–H groups in total. The van der Waals surface area contributed by atoms with E-state index >= 15 is 0 Å². The highest BCUT2D eigenvalue weighted by Gasteiger charge is 2.43. The lowest BCUT2D eigenvalue weighted by Gasteiger charge is -2.39. The number of carbonyl (C=O) groups is 2. The van der Waals surface area contributed by atoms with Crippen molar-refractivity contribution in [2.24, 2.45) is 5.41 Å². The third-order valence-corrected chi connectivity index (χ3v) is 5.68. The Kier molecular flexibility index (Phi) is 6.23. The SMILES string of the molecule is CCOC(=O)C1=C(COCc2ncc[nH]2)NC2=C(C(=O)CC(C)(C)C2)C1c1cccnc1. The summed E-state index contributed by atoms with van der Waals surface area (Å²) in [4.78, 5) is 37.8. The molecule has 0 bridgehead atoms. The molecule has 168 valence electrons. The quantitative estimate of drug-likeness (QED) is 0.642. The van der Waals surface area contributed by atoms with Gasteiger partial charge in [0.25, 0.3) is 0 Å². The van der Waals surface area contributed by atoms with Gasteiger partial charge >= 0.3 is 5.97 Å². The Balaban J connectivity index is 1.77. The van der Waals surface area contributed by atoms with Crippen LogP contribution in [0.1, 0.15) is 50.9 Å². The molecule has 2 aliphatic rings. The minimum Gasteiger partial charge on any atom is -0.463 e. The summed E-state index contributed by atoms with van der Waals surface area (Å²) in [6.45, 7) is 6.56. The van der Waals surface area contributed by atoms with Crippen LogP contribution in [-0.4, -0.2) is 39.9 Å². The highest BCUT2D eigenvalue weighted by Crippen LogP contribution is 2.46. The first-order valence-electron chi connectivity index (χ1n) is 10.8. The number of esters is 1.